The summed E-state index contributed by atoms with van der Waals surface area (Å²) in [5.74, 6) is 0.795. The summed E-state index contributed by atoms with van der Waals surface area (Å²) in [6.07, 6.45) is 4.44. The third-order valence-electron chi connectivity index (χ3n) is 3.33. The number of halogens is 1. The van der Waals surface area contributed by atoms with Crippen LogP contribution in [0.3, 0.4) is 0 Å². The summed E-state index contributed by atoms with van der Waals surface area (Å²) in [5.41, 5.74) is 1.04. The van der Waals surface area contributed by atoms with Crippen molar-refractivity contribution < 1.29 is 4.79 Å². The van der Waals surface area contributed by atoms with E-state index >= 15 is 0 Å². The van der Waals surface area contributed by atoms with Crippen LogP contribution in [0, 0.1) is 5.92 Å². The summed E-state index contributed by atoms with van der Waals surface area (Å²) >= 11 is 5.94. The molecule has 0 bridgehead atoms. The van der Waals surface area contributed by atoms with Gasteiger partial charge in [-0.05, 0) is 43.0 Å². The maximum Gasteiger partial charge on any atom is 0.239 e. The van der Waals surface area contributed by atoms with Crippen LogP contribution in [-0.2, 0) is 11.3 Å². The van der Waals surface area contributed by atoms with Gasteiger partial charge < -0.3 is 9.88 Å². The van der Waals surface area contributed by atoms with E-state index < -0.39 is 0 Å². The Morgan fingerprint density at radius 2 is 2.22 bits per heavy atom. The molecule has 1 aliphatic carbocycles. The van der Waals surface area contributed by atoms with Crippen LogP contribution in [0.4, 0.5) is 0 Å². The minimum atomic E-state index is 0.0781. The molecule has 0 atom stereocenters. The highest BCUT2D eigenvalue weighted by Crippen LogP contribution is 2.27. The van der Waals surface area contributed by atoms with E-state index in [1.54, 1.807) is 0 Å². The molecule has 1 N–H and O–H groups in total. The minimum absolute atomic E-state index is 0.0781. The van der Waals surface area contributed by atoms with Gasteiger partial charge in [-0.2, -0.15) is 0 Å². The van der Waals surface area contributed by atoms with Crippen LogP contribution < -0.4 is 5.32 Å². The largest absolute Gasteiger partial charge is 0.354 e. The molecular weight excluding hydrogens is 248 g/mol. The summed E-state index contributed by atoms with van der Waals surface area (Å²) in [5, 5.41) is 4.76. The van der Waals surface area contributed by atoms with E-state index in [-0.39, 0.29) is 5.91 Å². The Kier molecular flexibility index (Phi) is 3.00. The first-order valence-electron chi connectivity index (χ1n) is 6.23. The van der Waals surface area contributed by atoms with Crippen LogP contribution >= 0.6 is 11.6 Å². The van der Waals surface area contributed by atoms with E-state index in [0.717, 1.165) is 22.5 Å². The number of fused-ring (bicyclic) bond motifs is 1. The molecule has 1 fully saturated rings. The Hall–Kier alpha value is -1.48. The fourth-order valence-electron chi connectivity index (χ4n) is 2.10. The number of nitrogens with zero attached hydrogens (tertiary/aromatic N) is 1. The van der Waals surface area contributed by atoms with Gasteiger partial charge >= 0.3 is 0 Å². The summed E-state index contributed by atoms with van der Waals surface area (Å²) in [6, 6.07) is 7.69. The lowest BCUT2D eigenvalue weighted by atomic mass is 10.2. The Morgan fingerprint density at radius 1 is 1.39 bits per heavy atom. The van der Waals surface area contributed by atoms with Crippen LogP contribution in [0.5, 0.6) is 0 Å². The predicted octanol–water partition coefficient (Wildman–Crippen LogP) is 2.82. The molecule has 2 aromatic rings. The summed E-state index contributed by atoms with van der Waals surface area (Å²) in [7, 11) is 0. The molecule has 1 aromatic carbocycles. The third kappa shape index (κ3) is 2.51. The monoisotopic (exact) mass is 262 g/mol. The molecule has 1 aromatic heterocycles. The average molecular weight is 263 g/mol. The first-order valence-corrected chi connectivity index (χ1v) is 6.61. The van der Waals surface area contributed by atoms with Gasteiger partial charge in [0.1, 0.15) is 6.54 Å². The van der Waals surface area contributed by atoms with Crippen molar-refractivity contribution >= 4 is 28.4 Å². The van der Waals surface area contributed by atoms with Crippen molar-refractivity contribution in [2.75, 3.05) is 6.54 Å². The topological polar surface area (TPSA) is 34.0 Å². The maximum atomic E-state index is 11.8. The molecule has 1 amide bonds. The molecule has 0 saturated heterocycles. The summed E-state index contributed by atoms with van der Waals surface area (Å²) in [4.78, 5) is 11.8. The second-order valence-corrected chi connectivity index (χ2v) is 5.33. The third-order valence-corrected chi connectivity index (χ3v) is 3.57. The highest BCUT2D eigenvalue weighted by atomic mass is 35.5. The summed E-state index contributed by atoms with van der Waals surface area (Å²) < 4.78 is 1.95. The van der Waals surface area contributed by atoms with Gasteiger partial charge in [0.05, 0.1) is 0 Å². The molecule has 0 spiro atoms. The molecule has 3 nitrogen and oxygen atoms in total. The first kappa shape index (κ1) is 11.6. The Balaban J connectivity index is 1.71. The molecule has 3 rings (SSSR count). The van der Waals surface area contributed by atoms with Crippen molar-refractivity contribution in [3.8, 4) is 0 Å². The van der Waals surface area contributed by atoms with E-state index in [4.69, 9.17) is 11.6 Å². The molecule has 0 radical (unpaired) electrons. The molecule has 0 aliphatic heterocycles. The highest BCUT2D eigenvalue weighted by Gasteiger charge is 2.21. The zero-order chi connectivity index (χ0) is 12.5. The lowest BCUT2D eigenvalue weighted by Crippen LogP contribution is -2.29. The van der Waals surface area contributed by atoms with Gasteiger partial charge in [0.2, 0.25) is 5.91 Å². The minimum Gasteiger partial charge on any atom is -0.354 e. The lowest BCUT2D eigenvalue weighted by Gasteiger charge is -2.06. The van der Waals surface area contributed by atoms with Gasteiger partial charge in [0.15, 0.2) is 0 Å². The van der Waals surface area contributed by atoms with Crippen molar-refractivity contribution in [1.29, 1.82) is 0 Å². The molecule has 1 aliphatic rings. The van der Waals surface area contributed by atoms with Crippen molar-refractivity contribution in [1.82, 2.24) is 9.88 Å². The first-order chi connectivity index (χ1) is 8.72. The standard InChI is InChI=1S/C14H15ClN2O/c15-12-3-4-13-11(7-12)5-6-17(13)9-14(18)16-8-10-1-2-10/h3-7,10H,1-2,8-9H2,(H,16,18). The summed E-state index contributed by atoms with van der Waals surface area (Å²) in [6.45, 7) is 1.20. The Bertz CT molecular complexity index is 586. The van der Waals surface area contributed by atoms with Gasteiger partial charge in [-0.15, -0.1) is 0 Å². The second-order valence-electron chi connectivity index (χ2n) is 4.89. The maximum absolute atomic E-state index is 11.8. The lowest BCUT2D eigenvalue weighted by molar-refractivity contribution is -0.121. The quantitative estimate of drug-likeness (QED) is 0.903. The molecule has 4 heteroatoms. The van der Waals surface area contributed by atoms with E-state index in [2.05, 4.69) is 5.32 Å². The second kappa shape index (κ2) is 4.65. The molecule has 18 heavy (non-hydrogen) atoms. The van der Waals surface area contributed by atoms with Crippen LogP contribution in [0.1, 0.15) is 12.8 Å². The molecule has 0 unspecified atom stereocenters. The van der Waals surface area contributed by atoms with E-state index in [0.29, 0.717) is 12.5 Å². The number of carbonyl (C=O) groups excluding carboxylic acids is 1. The predicted molar refractivity (Wildman–Crippen MR) is 72.7 cm³/mol. The number of benzene rings is 1. The normalized spacial score (nSPS) is 14.9. The molecule has 1 heterocycles. The number of nitrogens with one attached hydrogen (secondary N) is 1. The number of amides is 1. The SMILES string of the molecule is O=C(Cn1ccc2cc(Cl)ccc21)NCC1CC1. The Labute approximate surface area is 111 Å². The smallest absolute Gasteiger partial charge is 0.239 e. The number of hydrogen-bond donors (Lipinski definition) is 1. The van der Waals surface area contributed by atoms with Crippen LogP contribution in [0.15, 0.2) is 30.5 Å². The van der Waals surface area contributed by atoms with Crippen LogP contribution in [0.25, 0.3) is 10.9 Å². The zero-order valence-electron chi connectivity index (χ0n) is 10.0. The van der Waals surface area contributed by atoms with Gasteiger partial charge in [0, 0.05) is 28.7 Å². The van der Waals surface area contributed by atoms with Gasteiger partial charge in [-0.3, -0.25) is 4.79 Å². The Morgan fingerprint density at radius 3 is 3.00 bits per heavy atom. The van der Waals surface area contributed by atoms with E-state index in [9.17, 15) is 4.79 Å². The fourth-order valence-corrected chi connectivity index (χ4v) is 2.28. The fraction of sp³-hybridized carbons (Fsp3) is 0.357. The number of hydrogen-bond acceptors (Lipinski definition) is 1. The van der Waals surface area contributed by atoms with Crippen LogP contribution in [0.2, 0.25) is 5.02 Å². The van der Waals surface area contributed by atoms with E-state index in [1.807, 2.05) is 35.0 Å². The number of carbonyl (C=O) groups is 1. The highest BCUT2D eigenvalue weighted by molar-refractivity contribution is 6.31. The van der Waals surface area contributed by atoms with Crippen molar-refractivity contribution in [3.05, 3.63) is 35.5 Å². The van der Waals surface area contributed by atoms with Crippen molar-refractivity contribution in [2.45, 2.75) is 19.4 Å². The van der Waals surface area contributed by atoms with Gasteiger partial charge in [-0.25, -0.2) is 0 Å². The van der Waals surface area contributed by atoms with Crippen molar-refractivity contribution in [3.63, 3.8) is 0 Å². The van der Waals surface area contributed by atoms with Crippen molar-refractivity contribution in [2.24, 2.45) is 5.92 Å². The van der Waals surface area contributed by atoms with Gasteiger partial charge in [0.25, 0.3) is 0 Å². The number of rotatable bonds is 4. The molecule has 94 valence electrons. The van der Waals surface area contributed by atoms with Gasteiger partial charge in [-0.1, -0.05) is 11.6 Å². The molecule has 1 saturated carbocycles. The van der Waals surface area contributed by atoms with Crippen LogP contribution in [-0.4, -0.2) is 17.0 Å². The average Bonchev–Trinajstić information content (AvgIpc) is 3.10. The zero-order valence-corrected chi connectivity index (χ0v) is 10.8. The molecular formula is C14H15ClN2O. The number of aromatic nitrogens is 1. The van der Waals surface area contributed by atoms with E-state index in [1.165, 1.54) is 12.8 Å².